The molecule has 2 amide bonds. The molecule has 2 aromatic carbocycles. The monoisotopic (exact) mass is 314 g/mol. The number of amides is 2. The summed E-state index contributed by atoms with van der Waals surface area (Å²) in [5.74, 6) is -1.82. The molecule has 0 saturated carbocycles. The van der Waals surface area contributed by atoms with Crippen LogP contribution in [0.3, 0.4) is 0 Å². The van der Waals surface area contributed by atoms with Gasteiger partial charge in [0.05, 0.1) is 6.04 Å². The molecule has 0 saturated heterocycles. The highest BCUT2D eigenvalue weighted by Crippen LogP contribution is 2.15. The summed E-state index contributed by atoms with van der Waals surface area (Å²) in [5, 5.41) is 5.17. The van der Waals surface area contributed by atoms with E-state index in [0.29, 0.717) is 5.69 Å². The molecule has 0 aromatic heterocycles. The van der Waals surface area contributed by atoms with E-state index in [4.69, 9.17) is 0 Å². The molecule has 0 heterocycles. The lowest BCUT2D eigenvalue weighted by Gasteiger charge is -2.14. The van der Waals surface area contributed by atoms with Crippen molar-refractivity contribution in [3.63, 3.8) is 0 Å². The minimum absolute atomic E-state index is 0.347. The van der Waals surface area contributed by atoms with Gasteiger partial charge < -0.3 is 10.6 Å². The topological polar surface area (TPSA) is 58.2 Å². The fourth-order valence-corrected chi connectivity index (χ4v) is 2.33. The molecule has 2 N–H and O–H groups in total. The van der Waals surface area contributed by atoms with Gasteiger partial charge in [0.2, 0.25) is 0 Å². The summed E-state index contributed by atoms with van der Waals surface area (Å²) < 4.78 is 12.9. The SMILES string of the molecule is Cc1cc(C)cc(NC(=O)C(=O)N[C@@H](C)c2ccc(F)cc2)c1. The first kappa shape index (κ1) is 16.7. The standard InChI is InChI=1S/C18H19FN2O2/c1-11-8-12(2)10-16(9-11)21-18(23)17(22)20-13(3)14-4-6-15(19)7-5-14/h4-10,13H,1-3H3,(H,20,22)(H,21,23)/t13-/m0/s1. The van der Waals surface area contributed by atoms with Crippen molar-refractivity contribution in [2.45, 2.75) is 26.8 Å². The summed E-state index contributed by atoms with van der Waals surface area (Å²) >= 11 is 0. The maximum Gasteiger partial charge on any atom is 0.313 e. The van der Waals surface area contributed by atoms with Crippen molar-refractivity contribution in [1.82, 2.24) is 5.32 Å². The van der Waals surface area contributed by atoms with E-state index in [2.05, 4.69) is 10.6 Å². The molecule has 0 radical (unpaired) electrons. The summed E-state index contributed by atoms with van der Waals surface area (Å²) in [4.78, 5) is 23.9. The Kier molecular flexibility index (Phi) is 5.11. The Morgan fingerprint density at radius 3 is 2.09 bits per heavy atom. The van der Waals surface area contributed by atoms with Gasteiger partial charge in [-0.1, -0.05) is 18.2 Å². The molecule has 0 aliphatic heterocycles. The second kappa shape index (κ2) is 7.05. The van der Waals surface area contributed by atoms with Crippen LogP contribution in [0.2, 0.25) is 0 Å². The number of rotatable bonds is 3. The van der Waals surface area contributed by atoms with Gasteiger partial charge in [-0.15, -0.1) is 0 Å². The summed E-state index contributed by atoms with van der Waals surface area (Å²) in [6, 6.07) is 10.9. The minimum Gasteiger partial charge on any atom is -0.341 e. The first-order chi connectivity index (χ1) is 10.8. The number of hydrogen-bond acceptors (Lipinski definition) is 2. The van der Waals surface area contributed by atoms with Crippen LogP contribution in [0.5, 0.6) is 0 Å². The Morgan fingerprint density at radius 2 is 1.52 bits per heavy atom. The summed E-state index contributed by atoms with van der Waals surface area (Å²) in [6.07, 6.45) is 0. The molecular formula is C18H19FN2O2. The lowest BCUT2D eigenvalue weighted by Crippen LogP contribution is -2.36. The number of carbonyl (C=O) groups excluding carboxylic acids is 2. The fourth-order valence-electron chi connectivity index (χ4n) is 2.33. The number of anilines is 1. The minimum atomic E-state index is -0.735. The molecule has 4 nitrogen and oxygen atoms in total. The van der Waals surface area contributed by atoms with Gasteiger partial charge in [-0.25, -0.2) is 4.39 Å². The molecule has 0 bridgehead atoms. The zero-order valence-electron chi connectivity index (χ0n) is 13.3. The molecule has 0 fully saturated rings. The number of aryl methyl sites for hydroxylation is 2. The quantitative estimate of drug-likeness (QED) is 0.854. The van der Waals surface area contributed by atoms with E-state index in [-0.39, 0.29) is 5.82 Å². The van der Waals surface area contributed by atoms with Crippen molar-refractivity contribution in [1.29, 1.82) is 0 Å². The van der Waals surface area contributed by atoms with Crippen molar-refractivity contribution < 1.29 is 14.0 Å². The first-order valence-electron chi connectivity index (χ1n) is 7.31. The largest absolute Gasteiger partial charge is 0.341 e. The van der Waals surface area contributed by atoms with Crippen LogP contribution in [-0.2, 0) is 9.59 Å². The summed E-state index contributed by atoms with van der Waals surface area (Å²) in [7, 11) is 0. The average Bonchev–Trinajstić information content (AvgIpc) is 2.46. The van der Waals surface area contributed by atoms with Crippen molar-refractivity contribution in [2.75, 3.05) is 5.32 Å². The highest BCUT2D eigenvalue weighted by molar-refractivity contribution is 6.39. The van der Waals surface area contributed by atoms with Crippen LogP contribution in [0.15, 0.2) is 42.5 Å². The van der Waals surface area contributed by atoms with Crippen molar-refractivity contribution >= 4 is 17.5 Å². The summed E-state index contributed by atoms with van der Waals surface area (Å²) in [5.41, 5.74) is 3.30. The Balaban J connectivity index is 1.99. The molecule has 0 aliphatic rings. The number of halogens is 1. The molecule has 5 heteroatoms. The van der Waals surface area contributed by atoms with Crippen LogP contribution >= 0.6 is 0 Å². The molecule has 23 heavy (non-hydrogen) atoms. The van der Waals surface area contributed by atoms with E-state index in [9.17, 15) is 14.0 Å². The molecule has 120 valence electrons. The van der Waals surface area contributed by atoms with E-state index in [1.165, 1.54) is 12.1 Å². The summed E-state index contributed by atoms with van der Waals surface area (Å²) in [6.45, 7) is 5.56. The highest BCUT2D eigenvalue weighted by Gasteiger charge is 2.17. The van der Waals surface area contributed by atoms with Crippen molar-refractivity contribution in [3.05, 3.63) is 65.0 Å². The highest BCUT2D eigenvalue weighted by atomic mass is 19.1. The Morgan fingerprint density at radius 1 is 0.957 bits per heavy atom. The third kappa shape index (κ3) is 4.64. The van der Waals surface area contributed by atoms with Crippen LogP contribution in [0.25, 0.3) is 0 Å². The molecule has 2 rings (SSSR count). The Bertz CT molecular complexity index is 706. The molecule has 0 unspecified atom stereocenters. The van der Waals surface area contributed by atoms with E-state index >= 15 is 0 Å². The van der Waals surface area contributed by atoms with Crippen LogP contribution in [-0.4, -0.2) is 11.8 Å². The lowest BCUT2D eigenvalue weighted by atomic mass is 10.1. The van der Waals surface area contributed by atoms with Crippen LogP contribution in [0.4, 0.5) is 10.1 Å². The van der Waals surface area contributed by atoms with Gasteiger partial charge in [-0.3, -0.25) is 9.59 Å². The molecule has 2 aromatic rings. The number of hydrogen-bond donors (Lipinski definition) is 2. The smallest absolute Gasteiger partial charge is 0.313 e. The Labute approximate surface area is 134 Å². The van der Waals surface area contributed by atoms with Gasteiger partial charge in [0.1, 0.15) is 5.82 Å². The normalized spacial score (nSPS) is 11.7. The molecule has 1 atom stereocenters. The fraction of sp³-hybridized carbons (Fsp3) is 0.222. The van der Waals surface area contributed by atoms with E-state index in [1.54, 1.807) is 31.2 Å². The number of carbonyl (C=O) groups is 2. The molecular weight excluding hydrogens is 295 g/mol. The van der Waals surface area contributed by atoms with E-state index in [1.807, 2.05) is 19.9 Å². The van der Waals surface area contributed by atoms with Gasteiger partial charge in [0.25, 0.3) is 0 Å². The second-order valence-electron chi connectivity index (χ2n) is 5.58. The van der Waals surface area contributed by atoms with Gasteiger partial charge in [0, 0.05) is 5.69 Å². The zero-order chi connectivity index (χ0) is 17.0. The van der Waals surface area contributed by atoms with Gasteiger partial charge in [-0.2, -0.15) is 0 Å². The van der Waals surface area contributed by atoms with Gasteiger partial charge in [0.15, 0.2) is 0 Å². The average molecular weight is 314 g/mol. The van der Waals surface area contributed by atoms with Gasteiger partial charge in [-0.05, 0) is 61.7 Å². The Hall–Kier alpha value is -2.69. The first-order valence-corrected chi connectivity index (χ1v) is 7.31. The maximum absolute atomic E-state index is 12.9. The lowest BCUT2D eigenvalue weighted by molar-refractivity contribution is -0.136. The van der Waals surface area contributed by atoms with Crippen molar-refractivity contribution in [3.8, 4) is 0 Å². The third-order valence-electron chi connectivity index (χ3n) is 3.40. The third-order valence-corrected chi connectivity index (χ3v) is 3.40. The molecule has 0 spiro atoms. The molecule has 0 aliphatic carbocycles. The number of benzene rings is 2. The van der Waals surface area contributed by atoms with E-state index < -0.39 is 17.9 Å². The van der Waals surface area contributed by atoms with E-state index in [0.717, 1.165) is 16.7 Å². The van der Waals surface area contributed by atoms with Crippen molar-refractivity contribution in [2.24, 2.45) is 0 Å². The maximum atomic E-state index is 12.9. The zero-order valence-corrected chi connectivity index (χ0v) is 13.3. The van der Waals surface area contributed by atoms with Crippen LogP contribution in [0.1, 0.15) is 29.7 Å². The van der Waals surface area contributed by atoms with Crippen LogP contribution < -0.4 is 10.6 Å². The predicted octanol–water partition coefficient (Wildman–Crippen LogP) is 3.26. The number of nitrogens with one attached hydrogen (secondary N) is 2. The second-order valence-corrected chi connectivity index (χ2v) is 5.58. The van der Waals surface area contributed by atoms with Crippen LogP contribution in [0, 0.1) is 19.7 Å². The predicted molar refractivity (Wildman–Crippen MR) is 87.5 cm³/mol. The van der Waals surface area contributed by atoms with Gasteiger partial charge >= 0.3 is 11.8 Å².